The zero-order valence-electron chi connectivity index (χ0n) is 17.9. The molecule has 3 rings (SSSR count). The Hall–Kier alpha value is -2.98. The summed E-state index contributed by atoms with van der Waals surface area (Å²) in [6.07, 6.45) is 1.96. The SMILES string of the molecule is CCCCC(N=C1NS(=O)(=O)c2ccccc21)C(=O)Nc1ccc(OCCOC)c(F)c1. The lowest BCUT2D eigenvalue weighted by molar-refractivity contribution is -0.117. The number of amides is 1. The van der Waals surface area contributed by atoms with Crippen molar-refractivity contribution in [3.05, 3.63) is 53.8 Å². The Morgan fingerprint density at radius 2 is 2.00 bits per heavy atom. The van der Waals surface area contributed by atoms with Crippen molar-refractivity contribution in [2.45, 2.75) is 37.1 Å². The normalized spacial score (nSPS) is 16.3. The number of nitrogens with zero attached hydrogens (tertiary/aromatic N) is 1. The van der Waals surface area contributed by atoms with Crippen molar-refractivity contribution in [3.63, 3.8) is 0 Å². The number of amidine groups is 1. The molecule has 32 heavy (non-hydrogen) atoms. The minimum atomic E-state index is -3.71. The van der Waals surface area contributed by atoms with E-state index in [1.807, 2.05) is 6.92 Å². The van der Waals surface area contributed by atoms with Crippen LogP contribution in [0, 0.1) is 5.82 Å². The van der Waals surface area contributed by atoms with E-state index in [4.69, 9.17) is 9.47 Å². The van der Waals surface area contributed by atoms with Crippen LogP contribution in [0.1, 0.15) is 31.7 Å². The molecule has 1 aliphatic rings. The molecule has 1 amide bonds. The minimum Gasteiger partial charge on any atom is -0.488 e. The molecule has 0 saturated carbocycles. The lowest BCUT2D eigenvalue weighted by Gasteiger charge is -2.15. The largest absolute Gasteiger partial charge is 0.488 e. The Bertz CT molecular complexity index is 1100. The molecule has 2 aromatic carbocycles. The molecule has 1 unspecified atom stereocenters. The van der Waals surface area contributed by atoms with Gasteiger partial charge in [0.25, 0.3) is 10.0 Å². The number of halogens is 1. The van der Waals surface area contributed by atoms with Crippen LogP contribution in [0.5, 0.6) is 5.75 Å². The van der Waals surface area contributed by atoms with E-state index in [1.165, 1.54) is 25.3 Å². The second kappa shape index (κ2) is 10.6. The number of hydrogen-bond acceptors (Lipinski definition) is 6. The zero-order chi connectivity index (χ0) is 23.1. The van der Waals surface area contributed by atoms with E-state index in [2.05, 4.69) is 15.0 Å². The Labute approximate surface area is 186 Å². The number of unbranched alkanes of at least 4 members (excludes halogenated alkanes) is 1. The number of benzene rings is 2. The minimum absolute atomic E-state index is 0.0554. The number of fused-ring (bicyclic) bond motifs is 1. The number of methoxy groups -OCH3 is 1. The Kier molecular flexibility index (Phi) is 7.81. The van der Waals surface area contributed by atoms with Crippen molar-refractivity contribution in [2.24, 2.45) is 4.99 Å². The molecule has 0 radical (unpaired) electrons. The number of carbonyl (C=O) groups is 1. The molecule has 8 nitrogen and oxygen atoms in total. The average molecular weight is 464 g/mol. The first-order valence-corrected chi connectivity index (χ1v) is 11.8. The van der Waals surface area contributed by atoms with Crippen molar-refractivity contribution in [1.82, 2.24) is 4.72 Å². The number of aliphatic imine (C=N–C) groups is 1. The highest BCUT2D eigenvalue weighted by Gasteiger charge is 2.31. The van der Waals surface area contributed by atoms with E-state index in [0.717, 1.165) is 12.5 Å². The van der Waals surface area contributed by atoms with Gasteiger partial charge in [0.05, 0.1) is 11.5 Å². The van der Waals surface area contributed by atoms with Crippen molar-refractivity contribution in [3.8, 4) is 5.75 Å². The predicted octanol–water partition coefficient (Wildman–Crippen LogP) is 3.09. The van der Waals surface area contributed by atoms with E-state index in [1.54, 1.807) is 18.2 Å². The zero-order valence-corrected chi connectivity index (χ0v) is 18.7. The molecule has 1 aliphatic heterocycles. The molecule has 10 heteroatoms. The number of anilines is 1. The van der Waals surface area contributed by atoms with Gasteiger partial charge >= 0.3 is 0 Å². The summed E-state index contributed by atoms with van der Waals surface area (Å²) in [6.45, 7) is 2.50. The molecule has 0 fully saturated rings. The van der Waals surface area contributed by atoms with Crippen LogP contribution in [-0.4, -0.2) is 46.5 Å². The highest BCUT2D eigenvalue weighted by atomic mass is 32.2. The van der Waals surface area contributed by atoms with Gasteiger partial charge in [0, 0.05) is 24.4 Å². The fourth-order valence-corrected chi connectivity index (χ4v) is 4.43. The summed E-state index contributed by atoms with van der Waals surface area (Å²) in [4.78, 5) is 17.5. The molecule has 2 N–H and O–H groups in total. The average Bonchev–Trinajstić information content (AvgIpc) is 3.03. The molecule has 0 aliphatic carbocycles. The third kappa shape index (κ3) is 5.63. The maximum atomic E-state index is 14.3. The van der Waals surface area contributed by atoms with Crippen LogP contribution in [0.15, 0.2) is 52.4 Å². The molecule has 0 bridgehead atoms. The van der Waals surface area contributed by atoms with Crippen LogP contribution >= 0.6 is 0 Å². The predicted molar refractivity (Wildman–Crippen MR) is 119 cm³/mol. The van der Waals surface area contributed by atoms with Gasteiger partial charge in [-0.1, -0.05) is 31.9 Å². The first-order valence-electron chi connectivity index (χ1n) is 10.3. The van der Waals surface area contributed by atoms with Crippen molar-refractivity contribution in [2.75, 3.05) is 25.6 Å². The summed E-state index contributed by atoms with van der Waals surface area (Å²) in [5, 5.41) is 2.66. The summed E-state index contributed by atoms with van der Waals surface area (Å²) in [5.41, 5.74) is 0.672. The molecule has 0 saturated heterocycles. The van der Waals surface area contributed by atoms with E-state index in [9.17, 15) is 17.6 Å². The molecule has 1 atom stereocenters. The molecule has 0 aromatic heterocycles. The smallest absolute Gasteiger partial charge is 0.263 e. The fraction of sp³-hybridized carbons (Fsp3) is 0.364. The van der Waals surface area contributed by atoms with Crippen LogP contribution < -0.4 is 14.8 Å². The number of sulfonamides is 1. The lowest BCUT2D eigenvalue weighted by atomic mass is 10.1. The van der Waals surface area contributed by atoms with Crippen molar-refractivity contribution in [1.29, 1.82) is 0 Å². The summed E-state index contributed by atoms with van der Waals surface area (Å²) < 4.78 is 51.5. The van der Waals surface area contributed by atoms with Gasteiger partial charge in [-0.25, -0.2) is 12.8 Å². The maximum Gasteiger partial charge on any atom is 0.263 e. The second-order valence-corrected chi connectivity index (χ2v) is 8.86. The monoisotopic (exact) mass is 463 g/mol. The maximum absolute atomic E-state index is 14.3. The molecule has 0 spiro atoms. The number of rotatable bonds is 10. The second-order valence-electron chi connectivity index (χ2n) is 7.21. The molecular formula is C22H26FN3O5S. The van der Waals surface area contributed by atoms with Crippen LogP contribution in [-0.2, 0) is 19.6 Å². The number of hydrogen-bond donors (Lipinski definition) is 2. The van der Waals surface area contributed by atoms with Gasteiger partial charge in [0.1, 0.15) is 18.5 Å². The summed E-state index contributed by atoms with van der Waals surface area (Å²) in [7, 11) is -2.19. The van der Waals surface area contributed by atoms with E-state index in [0.29, 0.717) is 25.0 Å². The van der Waals surface area contributed by atoms with Gasteiger partial charge in [-0.3, -0.25) is 14.5 Å². The van der Waals surface area contributed by atoms with Crippen LogP contribution in [0.25, 0.3) is 0 Å². The third-order valence-corrected chi connectivity index (χ3v) is 6.22. The first kappa shape index (κ1) is 23.7. The summed E-state index contributed by atoms with van der Waals surface area (Å²) >= 11 is 0. The quantitative estimate of drug-likeness (QED) is 0.527. The molecule has 1 heterocycles. The van der Waals surface area contributed by atoms with Crippen LogP contribution in [0.3, 0.4) is 0 Å². The molecule has 2 aromatic rings. The van der Waals surface area contributed by atoms with E-state index >= 15 is 0 Å². The van der Waals surface area contributed by atoms with Crippen molar-refractivity contribution < 1.29 is 27.1 Å². The standard InChI is InChI=1S/C22H26FN3O5S/c1-3-4-8-18(25-21-16-7-5-6-9-20(16)32(28,29)26-21)22(27)24-15-10-11-19(17(23)14-15)31-13-12-30-2/h5-7,9-11,14,18H,3-4,8,12-13H2,1-2H3,(H,24,27)(H,25,26). The van der Waals surface area contributed by atoms with Crippen LogP contribution in [0.2, 0.25) is 0 Å². The lowest BCUT2D eigenvalue weighted by Crippen LogP contribution is -2.30. The molecular weight excluding hydrogens is 437 g/mol. The topological polar surface area (TPSA) is 106 Å². The molecule has 172 valence electrons. The number of ether oxygens (including phenoxy) is 2. The van der Waals surface area contributed by atoms with Gasteiger partial charge < -0.3 is 14.8 Å². The van der Waals surface area contributed by atoms with Gasteiger partial charge in [-0.2, -0.15) is 0 Å². The van der Waals surface area contributed by atoms with Crippen LogP contribution in [0.4, 0.5) is 10.1 Å². The highest BCUT2D eigenvalue weighted by molar-refractivity contribution is 7.90. The number of carbonyl (C=O) groups excluding carboxylic acids is 1. The number of nitrogens with one attached hydrogen (secondary N) is 2. The summed E-state index contributed by atoms with van der Waals surface area (Å²) in [5.74, 6) is -0.889. The van der Waals surface area contributed by atoms with E-state index < -0.39 is 27.8 Å². The Morgan fingerprint density at radius 3 is 2.72 bits per heavy atom. The highest BCUT2D eigenvalue weighted by Crippen LogP contribution is 2.24. The van der Waals surface area contributed by atoms with Crippen molar-refractivity contribution >= 4 is 27.5 Å². The van der Waals surface area contributed by atoms with E-state index in [-0.39, 0.29) is 28.8 Å². The van der Waals surface area contributed by atoms with Gasteiger partial charge in [0.2, 0.25) is 5.91 Å². The fourth-order valence-electron chi connectivity index (χ4n) is 3.19. The Balaban J connectivity index is 1.79. The van der Waals surface area contributed by atoms with Gasteiger partial charge in [0.15, 0.2) is 11.6 Å². The first-order chi connectivity index (χ1) is 15.4. The third-order valence-electron chi connectivity index (χ3n) is 4.83. The van der Waals surface area contributed by atoms with Gasteiger partial charge in [-0.05, 0) is 30.7 Å². The summed E-state index contributed by atoms with van der Waals surface area (Å²) in [6, 6.07) is 9.72. The van der Waals surface area contributed by atoms with Gasteiger partial charge in [-0.15, -0.1) is 0 Å². The Morgan fingerprint density at radius 1 is 1.22 bits per heavy atom.